The molecule has 1 amide bonds. The first kappa shape index (κ1) is 20.8. The number of oxazole rings is 1. The first-order chi connectivity index (χ1) is 13.6. The Morgan fingerprint density at radius 2 is 2.03 bits per heavy atom. The summed E-state index contributed by atoms with van der Waals surface area (Å²) in [6, 6.07) is 9.80. The maximum Gasteiger partial charge on any atom is 0.415 e. The number of nitrogens with zero attached hydrogens (tertiary/aromatic N) is 3. The number of carbonyl (C=O) groups is 1. The van der Waals surface area contributed by atoms with Gasteiger partial charge in [-0.3, -0.25) is 4.98 Å². The van der Waals surface area contributed by atoms with Crippen molar-refractivity contribution < 1.29 is 18.3 Å². The molecule has 0 atom stereocenters. The number of likely N-dealkylation sites (tertiary alicyclic amines) is 1. The van der Waals surface area contributed by atoms with E-state index in [0.29, 0.717) is 36.0 Å². The second-order valence-corrected chi connectivity index (χ2v) is 6.85. The summed E-state index contributed by atoms with van der Waals surface area (Å²) in [6.45, 7) is 2.99. The minimum absolute atomic E-state index is 0. The molecule has 0 radical (unpaired) electrons. The smallest absolute Gasteiger partial charge is 0.415 e. The zero-order valence-electron chi connectivity index (χ0n) is 15.9. The lowest BCUT2D eigenvalue weighted by molar-refractivity contribution is 0.136. The van der Waals surface area contributed by atoms with Crippen LogP contribution in [0.25, 0.3) is 11.3 Å². The standard InChI is InChI=1S/C21H20FN3O3.ClH/c1-14-5-6-18(12-23-14)28-21(26)25-9-7-15(8-10-25)20-24-19(13-27-20)16-3-2-4-17(22)11-16;/h2-6,11-13,15H,7-10H2,1H3;1H. The van der Waals surface area contributed by atoms with Crippen LogP contribution in [0.5, 0.6) is 5.75 Å². The number of carbonyl (C=O) groups excluding carboxylic acids is 1. The second kappa shape index (κ2) is 9.05. The minimum Gasteiger partial charge on any atom is -0.448 e. The van der Waals surface area contributed by atoms with Gasteiger partial charge in [0.15, 0.2) is 11.6 Å². The van der Waals surface area contributed by atoms with Gasteiger partial charge in [0.25, 0.3) is 0 Å². The molecule has 1 aliphatic rings. The van der Waals surface area contributed by atoms with Crippen LogP contribution in [0.2, 0.25) is 0 Å². The predicted molar refractivity (Wildman–Crippen MR) is 108 cm³/mol. The molecule has 1 fully saturated rings. The van der Waals surface area contributed by atoms with Crippen molar-refractivity contribution in [3.8, 4) is 17.0 Å². The van der Waals surface area contributed by atoms with Crippen molar-refractivity contribution in [3.05, 3.63) is 66.3 Å². The molecule has 1 aromatic carbocycles. The summed E-state index contributed by atoms with van der Waals surface area (Å²) >= 11 is 0. The average Bonchev–Trinajstić information content (AvgIpc) is 3.20. The Morgan fingerprint density at radius 3 is 2.72 bits per heavy atom. The molecule has 3 heterocycles. The van der Waals surface area contributed by atoms with Gasteiger partial charge in [0, 0.05) is 30.3 Å². The lowest BCUT2D eigenvalue weighted by atomic mass is 9.97. The first-order valence-electron chi connectivity index (χ1n) is 9.19. The van der Waals surface area contributed by atoms with Crippen LogP contribution in [0.3, 0.4) is 0 Å². The Morgan fingerprint density at radius 1 is 1.24 bits per heavy atom. The molecule has 152 valence electrons. The molecule has 0 unspecified atom stereocenters. The largest absolute Gasteiger partial charge is 0.448 e. The lowest BCUT2D eigenvalue weighted by Crippen LogP contribution is -2.39. The van der Waals surface area contributed by atoms with Gasteiger partial charge in [-0.15, -0.1) is 12.4 Å². The van der Waals surface area contributed by atoms with Crippen molar-refractivity contribution in [1.82, 2.24) is 14.9 Å². The molecular weight excluding hydrogens is 397 g/mol. The number of ether oxygens (including phenoxy) is 1. The molecule has 6 nitrogen and oxygen atoms in total. The zero-order valence-corrected chi connectivity index (χ0v) is 16.7. The molecule has 1 aliphatic heterocycles. The van der Waals surface area contributed by atoms with Crippen molar-refractivity contribution in [2.45, 2.75) is 25.7 Å². The van der Waals surface area contributed by atoms with Crippen molar-refractivity contribution >= 4 is 18.5 Å². The van der Waals surface area contributed by atoms with Crippen LogP contribution in [-0.4, -0.2) is 34.1 Å². The molecule has 4 rings (SSSR count). The molecule has 1 saturated heterocycles. The van der Waals surface area contributed by atoms with Crippen LogP contribution in [-0.2, 0) is 0 Å². The maximum absolute atomic E-state index is 13.4. The highest BCUT2D eigenvalue weighted by Gasteiger charge is 2.28. The molecule has 0 N–H and O–H groups in total. The van der Waals surface area contributed by atoms with Crippen LogP contribution < -0.4 is 4.74 Å². The third kappa shape index (κ3) is 4.92. The minimum atomic E-state index is -0.378. The van der Waals surface area contributed by atoms with E-state index in [1.54, 1.807) is 41.6 Å². The number of amides is 1. The molecule has 29 heavy (non-hydrogen) atoms. The van der Waals surface area contributed by atoms with E-state index < -0.39 is 0 Å². The Kier molecular flexibility index (Phi) is 6.49. The van der Waals surface area contributed by atoms with Crippen molar-refractivity contribution in [1.29, 1.82) is 0 Å². The van der Waals surface area contributed by atoms with Crippen molar-refractivity contribution in [3.63, 3.8) is 0 Å². The van der Waals surface area contributed by atoms with Crippen LogP contribution in [0.15, 0.2) is 53.3 Å². The van der Waals surface area contributed by atoms with Gasteiger partial charge in [-0.25, -0.2) is 14.2 Å². The highest BCUT2D eigenvalue weighted by Crippen LogP contribution is 2.30. The van der Waals surface area contributed by atoms with E-state index in [0.717, 1.165) is 18.5 Å². The number of hydrogen-bond acceptors (Lipinski definition) is 5. The van der Waals surface area contributed by atoms with Gasteiger partial charge >= 0.3 is 6.09 Å². The predicted octanol–water partition coefficient (Wildman–Crippen LogP) is 4.98. The van der Waals surface area contributed by atoms with Crippen LogP contribution in [0.1, 0.15) is 30.3 Å². The molecule has 8 heteroatoms. The summed E-state index contributed by atoms with van der Waals surface area (Å²) in [5.41, 5.74) is 2.16. The SMILES string of the molecule is Cc1ccc(OC(=O)N2CCC(c3nc(-c4cccc(F)c4)co3)CC2)cn1.Cl. The molecular formula is C21H21ClFN3O3. The summed E-state index contributed by atoms with van der Waals surface area (Å²) in [4.78, 5) is 22.6. The van der Waals surface area contributed by atoms with E-state index in [1.807, 2.05) is 6.92 Å². The van der Waals surface area contributed by atoms with E-state index in [1.165, 1.54) is 12.1 Å². The number of pyridine rings is 1. The van der Waals surface area contributed by atoms with Crippen molar-refractivity contribution in [2.24, 2.45) is 0 Å². The third-order valence-electron chi connectivity index (χ3n) is 4.83. The highest BCUT2D eigenvalue weighted by atomic mass is 35.5. The fourth-order valence-electron chi connectivity index (χ4n) is 3.24. The van der Waals surface area contributed by atoms with E-state index in [-0.39, 0.29) is 30.2 Å². The van der Waals surface area contributed by atoms with Gasteiger partial charge in [0.1, 0.15) is 17.8 Å². The quantitative estimate of drug-likeness (QED) is 0.600. The summed E-state index contributed by atoms with van der Waals surface area (Å²) < 4.78 is 24.4. The van der Waals surface area contributed by atoms with E-state index in [4.69, 9.17) is 9.15 Å². The molecule has 0 saturated carbocycles. The molecule has 2 aromatic heterocycles. The second-order valence-electron chi connectivity index (χ2n) is 6.85. The molecule has 0 spiro atoms. The normalized spacial score (nSPS) is 14.3. The summed E-state index contributed by atoms with van der Waals surface area (Å²) in [7, 11) is 0. The number of aryl methyl sites for hydroxylation is 1. The Hall–Kier alpha value is -2.93. The van der Waals surface area contributed by atoms with Crippen LogP contribution in [0, 0.1) is 12.7 Å². The topological polar surface area (TPSA) is 68.5 Å². The Bertz CT molecular complexity index is 969. The number of aromatic nitrogens is 2. The lowest BCUT2D eigenvalue weighted by Gasteiger charge is -2.29. The number of piperidine rings is 1. The number of rotatable bonds is 3. The summed E-state index contributed by atoms with van der Waals surface area (Å²) in [5.74, 6) is 0.866. The number of benzene rings is 1. The fraction of sp³-hybridized carbons (Fsp3) is 0.286. The van der Waals surface area contributed by atoms with E-state index in [9.17, 15) is 9.18 Å². The summed E-state index contributed by atoms with van der Waals surface area (Å²) in [6.07, 6.45) is 4.17. The number of hydrogen-bond donors (Lipinski definition) is 0. The van der Waals surface area contributed by atoms with Gasteiger partial charge in [0.2, 0.25) is 0 Å². The first-order valence-corrected chi connectivity index (χ1v) is 9.19. The Balaban J connectivity index is 0.00000240. The molecule has 0 bridgehead atoms. The summed E-state index contributed by atoms with van der Waals surface area (Å²) in [5, 5.41) is 0. The van der Waals surface area contributed by atoms with E-state index >= 15 is 0 Å². The highest BCUT2D eigenvalue weighted by molar-refractivity contribution is 5.85. The van der Waals surface area contributed by atoms with E-state index in [2.05, 4.69) is 9.97 Å². The zero-order chi connectivity index (χ0) is 19.5. The third-order valence-corrected chi connectivity index (χ3v) is 4.83. The fourth-order valence-corrected chi connectivity index (χ4v) is 3.24. The Labute approximate surface area is 174 Å². The van der Waals surface area contributed by atoms with Crippen LogP contribution >= 0.6 is 12.4 Å². The number of halogens is 2. The van der Waals surface area contributed by atoms with Gasteiger partial charge in [-0.2, -0.15) is 0 Å². The van der Waals surface area contributed by atoms with Gasteiger partial charge in [0.05, 0.1) is 6.20 Å². The van der Waals surface area contributed by atoms with Crippen molar-refractivity contribution in [2.75, 3.05) is 13.1 Å². The van der Waals surface area contributed by atoms with Crippen LogP contribution in [0.4, 0.5) is 9.18 Å². The molecule has 3 aromatic rings. The van der Waals surface area contributed by atoms with Gasteiger partial charge < -0.3 is 14.1 Å². The monoisotopic (exact) mass is 417 g/mol. The average molecular weight is 418 g/mol. The maximum atomic E-state index is 13.4. The molecule has 0 aliphatic carbocycles. The van der Waals surface area contributed by atoms with Gasteiger partial charge in [-0.1, -0.05) is 12.1 Å². The van der Waals surface area contributed by atoms with Gasteiger partial charge in [-0.05, 0) is 44.0 Å².